The summed E-state index contributed by atoms with van der Waals surface area (Å²) in [5.74, 6) is 0.441. The van der Waals surface area contributed by atoms with Crippen molar-refractivity contribution in [3.8, 4) is 5.75 Å². The van der Waals surface area contributed by atoms with Gasteiger partial charge in [0.25, 0.3) is 0 Å². The first-order chi connectivity index (χ1) is 9.36. The molecule has 0 bridgehead atoms. The lowest BCUT2D eigenvalue weighted by atomic mass is 10.3. The largest absolute Gasteiger partial charge is 0.495 e. The van der Waals surface area contributed by atoms with E-state index in [1.165, 1.54) is 25.3 Å². The first kappa shape index (κ1) is 17.2. The summed E-state index contributed by atoms with van der Waals surface area (Å²) in [6.07, 6.45) is 0.758. The molecule has 0 spiro atoms. The molecule has 0 aliphatic heterocycles. The van der Waals surface area contributed by atoms with Gasteiger partial charge < -0.3 is 9.47 Å². The average Bonchev–Trinajstić information content (AvgIpc) is 2.37. The van der Waals surface area contributed by atoms with E-state index in [0.717, 1.165) is 0 Å². The summed E-state index contributed by atoms with van der Waals surface area (Å²) in [5, 5.41) is 0.263. The number of sulfonamides is 1. The van der Waals surface area contributed by atoms with Crippen molar-refractivity contribution in [1.29, 1.82) is 0 Å². The minimum Gasteiger partial charge on any atom is -0.495 e. The standard InChI is InChI=1S/C13H20ClNO4S/c1-10(2)19-8-4-7-15-20(16,17)11-5-6-13(18-3)12(14)9-11/h5-6,9-10,15H,4,7-8H2,1-3H3. The SMILES string of the molecule is COc1ccc(S(=O)(=O)NCCCOC(C)C)cc1Cl. The molecule has 0 radical (unpaired) electrons. The summed E-state index contributed by atoms with van der Waals surface area (Å²) in [6, 6.07) is 4.35. The number of rotatable bonds is 8. The Morgan fingerprint density at radius 2 is 2.05 bits per heavy atom. The number of hydrogen-bond acceptors (Lipinski definition) is 4. The van der Waals surface area contributed by atoms with Crippen LogP contribution in [0.3, 0.4) is 0 Å². The van der Waals surface area contributed by atoms with Gasteiger partial charge in [-0.2, -0.15) is 0 Å². The molecule has 20 heavy (non-hydrogen) atoms. The topological polar surface area (TPSA) is 64.6 Å². The molecule has 1 aromatic carbocycles. The molecule has 0 aromatic heterocycles. The lowest BCUT2D eigenvalue weighted by Gasteiger charge is -2.10. The third kappa shape index (κ3) is 5.28. The van der Waals surface area contributed by atoms with Gasteiger partial charge >= 0.3 is 0 Å². The molecule has 0 fully saturated rings. The summed E-state index contributed by atoms with van der Waals surface area (Å²) >= 11 is 5.92. The minimum absolute atomic E-state index is 0.119. The lowest BCUT2D eigenvalue weighted by molar-refractivity contribution is 0.0778. The van der Waals surface area contributed by atoms with Crippen molar-refractivity contribution < 1.29 is 17.9 Å². The maximum atomic E-state index is 12.0. The third-order valence-electron chi connectivity index (χ3n) is 2.50. The van der Waals surface area contributed by atoms with Gasteiger partial charge in [-0.25, -0.2) is 13.1 Å². The molecule has 1 N–H and O–H groups in total. The Hall–Kier alpha value is -0.820. The van der Waals surface area contributed by atoms with Crippen LogP contribution in [0.4, 0.5) is 0 Å². The van der Waals surface area contributed by atoms with Gasteiger partial charge in [-0.1, -0.05) is 11.6 Å². The Kier molecular flexibility index (Phi) is 6.75. The Labute approximate surface area is 125 Å². The molecule has 0 aliphatic carbocycles. The highest BCUT2D eigenvalue weighted by Gasteiger charge is 2.15. The number of methoxy groups -OCH3 is 1. The Bertz CT molecular complexity index is 531. The molecule has 1 rings (SSSR count). The fourth-order valence-electron chi connectivity index (χ4n) is 1.50. The Morgan fingerprint density at radius 3 is 2.60 bits per heavy atom. The van der Waals surface area contributed by atoms with Gasteiger partial charge in [-0.05, 0) is 38.5 Å². The second kappa shape index (κ2) is 7.83. The van der Waals surface area contributed by atoms with E-state index in [2.05, 4.69) is 4.72 Å². The number of halogens is 1. The highest BCUT2D eigenvalue weighted by atomic mass is 35.5. The third-order valence-corrected chi connectivity index (χ3v) is 4.25. The molecule has 0 amide bonds. The Balaban J connectivity index is 2.58. The molecular formula is C13H20ClNO4S. The van der Waals surface area contributed by atoms with Gasteiger partial charge in [0.2, 0.25) is 10.0 Å². The zero-order chi connectivity index (χ0) is 15.2. The molecule has 0 saturated heterocycles. The normalized spacial score (nSPS) is 11.8. The fourth-order valence-corrected chi connectivity index (χ4v) is 2.92. The van der Waals surface area contributed by atoms with Gasteiger partial charge in [-0.3, -0.25) is 0 Å². The molecule has 0 unspecified atom stereocenters. The zero-order valence-corrected chi connectivity index (χ0v) is 13.4. The van der Waals surface area contributed by atoms with Gasteiger partial charge in [0.05, 0.1) is 23.1 Å². The summed E-state index contributed by atoms with van der Waals surface area (Å²) in [5.41, 5.74) is 0. The van der Waals surface area contributed by atoms with Crippen LogP contribution in [-0.2, 0) is 14.8 Å². The van der Waals surface area contributed by atoms with Crippen LogP contribution in [0.25, 0.3) is 0 Å². The van der Waals surface area contributed by atoms with E-state index < -0.39 is 10.0 Å². The maximum Gasteiger partial charge on any atom is 0.240 e. The molecule has 1 aromatic rings. The molecule has 114 valence electrons. The minimum atomic E-state index is -3.55. The first-order valence-electron chi connectivity index (χ1n) is 6.31. The average molecular weight is 322 g/mol. The molecule has 0 atom stereocenters. The van der Waals surface area contributed by atoms with E-state index in [-0.39, 0.29) is 16.0 Å². The number of benzene rings is 1. The van der Waals surface area contributed by atoms with Crippen LogP contribution >= 0.6 is 11.6 Å². The maximum absolute atomic E-state index is 12.0. The number of hydrogen-bond donors (Lipinski definition) is 1. The predicted octanol–water partition coefficient (Wildman–Crippen LogP) is 2.44. The molecule has 5 nitrogen and oxygen atoms in total. The van der Waals surface area contributed by atoms with Crippen molar-refractivity contribution in [2.75, 3.05) is 20.3 Å². The van der Waals surface area contributed by atoms with E-state index in [0.29, 0.717) is 25.3 Å². The second-order valence-corrected chi connectivity index (χ2v) is 6.64. The molecule has 0 heterocycles. The summed E-state index contributed by atoms with van der Waals surface area (Å²) in [7, 11) is -2.08. The molecular weight excluding hydrogens is 302 g/mol. The number of nitrogens with one attached hydrogen (secondary N) is 1. The van der Waals surface area contributed by atoms with Crippen molar-refractivity contribution in [3.63, 3.8) is 0 Å². The van der Waals surface area contributed by atoms with E-state index in [1.807, 2.05) is 13.8 Å². The molecule has 7 heteroatoms. The Morgan fingerprint density at radius 1 is 1.35 bits per heavy atom. The van der Waals surface area contributed by atoms with Crippen LogP contribution in [0.5, 0.6) is 5.75 Å². The molecule has 0 saturated carbocycles. The van der Waals surface area contributed by atoms with Crippen LogP contribution in [0.2, 0.25) is 5.02 Å². The highest BCUT2D eigenvalue weighted by Crippen LogP contribution is 2.26. The predicted molar refractivity (Wildman–Crippen MR) is 78.9 cm³/mol. The summed E-state index contributed by atoms with van der Waals surface area (Å²) in [4.78, 5) is 0.119. The summed E-state index contributed by atoms with van der Waals surface area (Å²) in [6.45, 7) is 4.70. The lowest BCUT2D eigenvalue weighted by Crippen LogP contribution is -2.25. The van der Waals surface area contributed by atoms with Crippen molar-refractivity contribution in [1.82, 2.24) is 4.72 Å². The zero-order valence-electron chi connectivity index (χ0n) is 11.8. The van der Waals surface area contributed by atoms with Crippen molar-refractivity contribution in [2.24, 2.45) is 0 Å². The van der Waals surface area contributed by atoms with Gasteiger partial charge in [0.15, 0.2) is 0 Å². The van der Waals surface area contributed by atoms with E-state index in [9.17, 15) is 8.42 Å². The van der Waals surface area contributed by atoms with Crippen molar-refractivity contribution in [2.45, 2.75) is 31.3 Å². The monoisotopic (exact) mass is 321 g/mol. The van der Waals surface area contributed by atoms with E-state index in [1.54, 1.807) is 0 Å². The first-order valence-corrected chi connectivity index (χ1v) is 8.17. The summed E-state index contributed by atoms with van der Waals surface area (Å²) < 4.78 is 36.9. The van der Waals surface area contributed by atoms with Crippen LogP contribution in [0.15, 0.2) is 23.1 Å². The second-order valence-electron chi connectivity index (χ2n) is 4.47. The number of ether oxygens (including phenoxy) is 2. The van der Waals surface area contributed by atoms with Crippen molar-refractivity contribution >= 4 is 21.6 Å². The van der Waals surface area contributed by atoms with Crippen LogP contribution in [-0.4, -0.2) is 34.8 Å². The molecule has 0 aliphatic rings. The van der Waals surface area contributed by atoms with E-state index in [4.69, 9.17) is 21.1 Å². The van der Waals surface area contributed by atoms with Gasteiger partial charge in [-0.15, -0.1) is 0 Å². The van der Waals surface area contributed by atoms with Gasteiger partial charge in [0.1, 0.15) is 5.75 Å². The van der Waals surface area contributed by atoms with Gasteiger partial charge in [0, 0.05) is 13.2 Å². The van der Waals surface area contributed by atoms with Crippen LogP contribution in [0, 0.1) is 0 Å². The fraction of sp³-hybridized carbons (Fsp3) is 0.538. The smallest absolute Gasteiger partial charge is 0.240 e. The van der Waals surface area contributed by atoms with Crippen LogP contribution < -0.4 is 9.46 Å². The quantitative estimate of drug-likeness (QED) is 0.747. The highest BCUT2D eigenvalue weighted by molar-refractivity contribution is 7.89. The van der Waals surface area contributed by atoms with E-state index >= 15 is 0 Å². The van der Waals surface area contributed by atoms with Crippen molar-refractivity contribution in [3.05, 3.63) is 23.2 Å². The van der Waals surface area contributed by atoms with Crippen LogP contribution in [0.1, 0.15) is 20.3 Å².